The van der Waals surface area contributed by atoms with Crippen LogP contribution in [-0.2, 0) is 118 Å². The van der Waals surface area contributed by atoms with Crippen LogP contribution in [0.15, 0.2) is 208 Å². The van der Waals surface area contributed by atoms with Gasteiger partial charge in [0.2, 0.25) is 0 Å². The van der Waals surface area contributed by atoms with Crippen molar-refractivity contribution in [1.82, 2.24) is 18.3 Å². The average Bonchev–Trinajstić information content (AvgIpc) is 0.794. The molecule has 14 nitrogen and oxygen atoms in total. The lowest BCUT2D eigenvalue weighted by Gasteiger charge is -2.28. The maximum atomic E-state index is 12.2. The molecule has 1 fully saturated rings. The molecule has 14 heteroatoms. The Morgan fingerprint density at radius 2 is 0.800 bits per heavy atom. The summed E-state index contributed by atoms with van der Waals surface area (Å²) in [5.41, 5.74) is 30.0. The molecule has 0 aliphatic heterocycles. The number of nitrogens with zero attached hydrogens (tertiary/aromatic N) is 5. The maximum absolute atomic E-state index is 12.2. The van der Waals surface area contributed by atoms with Crippen molar-refractivity contribution in [3.8, 4) is 44.5 Å². The van der Waals surface area contributed by atoms with Gasteiger partial charge in [-0.15, -0.1) is 0 Å². The van der Waals surface area contributed by atoms with Crippen molar-refractivity contribution in [2.45, 2.75) is 162 Å². The molecule has 4 aromatic heterocycles. The number of benzene rings is 7. The standard InChI is InChI=1S/C25H26N2O2.2C24H23NO2.C23H28N2O2/c1-17-11-21(16-27(3)25(17)29)20-12-19-9-10-22(28)14-23(19)24(13-20)26(2)15-18-7-5-4-6-8-18;1-16-12-19(15-25(2)24(16)27)22-10-8-18-14-20(26)9-11-21(18)23(22)13-17-6-4-3-5-7-17;1-16-10-21(15-25(2)24(16)27)23-14-18-8-9-22(26)13-19(18)12-20(23)11-17-6-4-3-5-7-17;1-15-10-18(14-25(2)23(15)27)17-11-16-8-9-20(26)13-21(16)22(12-17)24-19-6-4-3-5-7-19/h4-8,11-13,16H,9-10,14-15H2,1-3H3;3-8,10,12,15H,9,11,13-14H2,1-2H3;3-7,10,12,14-15H,8-9,11,13H2,1-2H3;10-12,14,19,24H,3-9,13H2,1-2H3. The highest BCUT2D eigenvalue weighted by Gasteiger charge is 2.27. The van der Waals surface area contributed by atoms with E-state index < -0.39 is 0 Å². The molecule has 562 valence electrons. The van der Waals surface area contributed by atoms with Gasteiger partial charge in [-0.2, -0.15) is 0 Å². The van der Waals surface area contributed by atoms with Crippen molar-refractivity contribution in [2.75, 3.05) is 17.3 Å². The molecule has 5 aliphatic rings. The normalized spacial score (nSPS) is 14.4. The Labute approximate surface area is 645 Å². The number of aryl methyl sites for hydroxylation is 11. The van der Waals surface area contributed by atoms with Crippen LogP contribution < -0.4 is 32.5 Å². The molecule has 0 amide bonds. The summed E-state index contributed by atoms with van der Waals surface area (Å²) < 4.78 is 6.60. The third-order valence-electron chi connectivity index (χ3n) is 22.6. The number of pyridine rings is 4. The van der Waals surface area contributed by atoms with Crippen molar-refractivity contribution in [1.29, 1.82) is 0 Å². The van der Waals surface area contributed by atoms with E-state index in [9.17, 15) is 38.4 Å². The van der Waals surface area contributed by atoms with E-state index in [0.29, 0.717) is 80.5 Å². The van der Waals surface area contributed by atoms with Gasteiger partial charge in [-0.3, -0.25) is 38.4 Å². The molecule has 5 aliphatic carbocycles. The number of rotatable bonds is 13. The number of Topliss-reactive ketones (excluding diaryl/α,β-unsaturated/α-hetero) is 4. The molecule has 7 aromatic carbocycles. The third-order valence-corrected chi connectivity index (χ3v) is 22.6. The van der Waals surface area contributed by atoms with Crippen LogP contribution in [0, 0.1) is 27.7 Å². The van der Waals surface area contributed by atoms with E-state index in [1.54, 1.807) is 46.5 Å². The van der Waals surface area contributed by atoms with E-state index >= 15 is 0 Å². The van der Waals surface area contributed by atoms with E-state index in [1.165, 1.54) is 87.7 Å². The number of carbonyl (C=O) groups is 4. The zero-order chi connectivity index (χ0) is 77.4. The SMILES string of the molecule is Cc1cc(-c2cc3c(c(N(C)Cc4ccccc4)c2)CC(=O)CC3)cn(C)c1=O.Cc1cc(-c2cc3c(c(NC4CCCCC4)c2)CC(=O)CC3)cn(C)c1=O.Cc1cc(-c2cc3c(cc2Cc2ccccc2)CC(=O)CC3)cn(C)c1=O.Cc1cc(-c2ccc3c(c2Cc2ccccc2)CCC(=O)C3)cn(C)c1=O. The quantitative estimate of drug-likeness (QED) is 0.117. The van der Waals surface area contributed by atoms with E-state index in [0.717, 1.165) is 140 Å². The molecular formula is C96H100N6O8. The summed E-state index contributed by atoms with van der Waals surface area (Å²) in [6, 6.07) is 57.0. The van der Waals surface area contributed by atoms with Gasteiger partial charge >= 0.3 is 0 Å². The molecule has 0 atom stereocenters. The minimum Gasteiger partial charge on any atom is -0.382 e. The van der Waals surface area contributed by atoms with Crippen molar-refractivity contribution < 1.29 is 19.2 Å². The topological polar surface area (TPSA) is 172 Å². The average molecular weight is 1470 g/mol. The highest BCUT2D eigenvalue weighted by molar-refractivity contribution is 5.89. The fourth-order valence-electron chi connectivity index (χ4n) is 16.8. The smallest absolute Gasteiger partial charge is 0.253 e. The summed E-state index contributed by atoms with van der Waals surface area (Å²) in [4.78, 5) is 98.8. The number of aromatic nitrogens is 4. The minimum atomic E-state index is 0.0266. The molecule has 4 heterocycles. The molecule has 16 rings (SSSR count). The number of nitrogens with one attached hydrogen (secondary N) is 1. The lowest BCUT2D eigenvalue weighted by atomic mass is 9.82. The van der Waals surface area contributed by atoms with E-state index in [2.05, 4.69) is 114 Å². The van der Waals surface area contributed by atoms with Crippen LogP contribution >= 0.6 is 0 Å². The first kappa shape index (κ1) is 76.8. The van der Waals surface area contributed by atoms with Crippen LogP contribution in [-0.4, -0.2) is 54.5 Å². The lowest BCUT2D eigenvalue weighted by molar-refractivity contribution is -0.119. The maximum Gasteiger partial charge on any atom is 0.253 e. The second-order valence-electron chi connectivity index (χ2n) is 31.1. The van der Waals surface area contributed by atoms with Crippen LogP contribution in [0.4, 0.5) is 11.4 Å². The molecule has 0 unspecified atom stereocenters. The Balaban J connectivity index is 0.000000129. The summed E-state index contributed by atoms with van der Waals surface area (Å²) in [7, 11) is 9.27. The van der Waals surface area contributed by atoms with E-state index in [-0.39, 0.29) is 22.2 Å². The Kier molecular flexibility index (Phi) is 23.8. The largest absolute Gasteiger partial charge is 0.382 e. The molecule has 110 heavy (non-hydrogen) atoms. The van der Waals surface area contributed by atoms with Gasteiger partial charge in [0, 0.05) is 158 Å². The molecular weight excluding hydrogens is 1370 g/mol. The van der Waals surface area contributed by atoms with Gasteiger partial charge in [-0.25, -0.2) is 0 Å². The number of fused-ring (bicyclic) bond motifs is 4. The van der Waals surface area contributed by atoms with Crippen LogP contribution in [0.1, 0.15) is 152 Å². The predicted molar refractivity (Wildman–Crippen MR) is 443 cm³/mol. The number of anilines is 2. The summed E-state index contributed by atoms with van der Waals surface area (Å²) in [5, 5.41) is 3.76. The van der Waals surface area contributed by atoms with Crippen molar-refractivity contribution >= 4 is 34.5 Å². The van der Waals surface area contributed by atoms with Crippen molar-refractivity contribution in [2.24, 2.45) is 28.2 Å². The van der Waals surface area contributed by atoms with E-state index in [4.69, 9.17) is 0 Å². The highest BCUT2D eigenvalue weighted by Crippen LogP contribution is 2.39. The summed E-state index contributed by atoms with van der Waals surface area (Å²) in [6.07, 6.45) is 23.3. The first-order chi connectivity index (χ1) is 53.0. The first-order valence-electron chi connectivity index (χ1n) is 38.9. The summed E-state index contributed by atoms with van der Waals surface area (Å²) in [6.45, 7) is 8.21. The fraction of sp³-hybridized carbons (Fsp3) is 0.312. The van der Waals surface area contributed by atoms with Gasteiger partial charge in [0.1, 0.15) is 23.1 Å². The number of hydrogen-bond donors (Lipinski definition) is 1. The zero-order valence-corrected chi connectivity index (χ0v) is 65.1. The van der Waals surface area contributed by atoms with Crippen molar-refractivity contribution in [3.05, 3.63) is 325 Å². The predicted octanol–water partition coefficient (Wildman–Crippen LogP) is 16.2. The number of carbonyl (C=O) groups excluding carboxylic acids is 4. The zero-order valence-electron chi connectivity index (χ0n) is 65.1. The number of ketones is 4. The monoisotopic (exact) mass is 1460 g/mol. The Hall–Kier alpha value is -11.4. The van der Waals surface area contributed by atoms with Crippen molar-refractivity contribution in [3.63, 3.8) is 0 Å². The molecule has 11 aromatic rings. The first-order valence-corrected chi connectivity index (χ1v) is 38.9. The van der Waals surface area contributed by atoms with Gasteiger partial charge in [0.05, 0.1) is 0 Å². The van der Waals surface area contributed by atoms with Gasteiger partial charge in [-0.1, -0.05) is 147 Å². The van der Waals surface area contributed by atoms with Gasteiger partial charge < -0.3 is 28.5 Å². The van der Waals surface area contributed by atoms with Gasteiger partial charge in [-0.05, 0) is 232 Å². The Morgan fingerprint density at radius 1 is 0.364 bits per heavy atom. The molecule has 0 radical (unpaired) electrons. The van der Waals surface area contributed by atoms with Crippen LogP contribution in [0.25, 0.3) is 44.5 Å². The van der Waals surface area contributed by atoms with Crippen LogP contribution in [0.2, 0.25) is 0 Å². The second-order valence-corrected chi connectivity index (χ2v) is 31.1. The van der Waals surface area contributed by atoms with Gasteiger partial charge in [0.15, 0.2) is 0 Å². The fourth-order valence-corrected chi connectivity index (χ4v) is 16.8. The van der Waals surface area contributed by atoms with E-state index in [1.807, 2.05) is 119 Å². The number of hydrogen-bond acceptors (Lipinski definition) is 10. The Bertz CT molecular complexity index is 5420. The molecule has 1 saturated carbocycles. The summed E-state index contributed by atoms with van der Waals surface area (Å²) >= 11 is 0. The molecule has 0 spiro atoms. The molecule has 1 N–H and O–H groups in total. The van der Waals surface area contributed by atoms with Crippen LogP contribution in [0.3, 0.4) is 0 Å². The minimum absolute atomic E-state index is 0.0266. The third kappa shape index (κ3) is 18.0. The summed E-state index contributed by atoms with van der Waals surface area (Å²) in [5.74, 6) is 1.27. The van der Waals surface area contributed by atoms with Crippen LogP contribution in [0.5, 0.6) is 0 Å². The molecule has 0 bridgehead atoms. The highest BCUT2D eigenvalue weighted by atomic mass is 16.2. The van der Waals surface area contributed by atoms with Gasteiger partial charge in [0.25, 0.3) is 22.2 Å². The Morgan fingerprint density at radius 3 is 1.34 bits per heavy atom. The lowest BCUT2D eigenvalue weighted by Crippen LogP contribution is -2.25. The second kappa shape index (κ2) is 34.0. The molecule has 0 saturated heterocycles.